The summed E-state index contributed by atoms with van der Waals surface area (Å²) in [5.41, 5.74) is 0.802. The standard InChI is InChI=1S/C10H10F3N3/c1-16(5-4-10(11,12)13)9-3-2-8(6-14)15-7-9/h2-3,7H,4-5H2,1H3. The Morgan fingerprint density at radius 2 is 2.12 bits per heavy atom. The van der Waals surface area contributed by atoms with Gasteiger partial charge in [0.2, 0.25) is 0 Å². The van der Waals surface area contributed by atoms with E-state index in [0.29, 0.717) is 5.69 Å². The normalized spacial score (nSPS) is 10.9. The average Bonchev–Trinajstić information content (AvgIpc) is 2.25. The smallest absolute Gasteiger partial charge is 0.373 e. The van der Waals surface area contributed by atoms with Gasteiger partial charge in [0.1, 0.15) is 11.8 Å². The first-order valence-electron chi connectivity index (χ1n) is 4.56. The van der Waals surface area contributed by atoms with Gasteiger partial charge < -0.3 is 4.90 Å². The second-order valence-electron chi connectivity index (χ2n) is 3.30. The minimum Gasteiger partial charge on any atom is -0.373 e. The molecule has 0 aliphatic carbocycles. The van der Waals surface area contributed by atoms with Crippen molar-refractivity contribution in [2.75, 3.05) is 18.5 Å². The Morgan fingerprint density at radius 1 is 1.44 bits per heavy atom. The number of rotatable bonds is 3. The number of nitriles is 1. The molecule has 0 fully saturated rings. The van der Waals surface area contributed by atoms with Crippen LogP contribution in [0, 0.1) is 11.3 Å². The number of pyridine rings is 1. The molecular formula is C10H10F3N3. The highest BCUT2D eigenvalue weighted by molar-refractivity contribution is 5.44. The number of hydrogen-bond donors (Lipinski definition) is 0. The van der Waals surface area contributed by atoms with Crippen molar-refractivity contribution in [2.24, 2.45) is 0 Å². The monoisotopic (exact) mass is 229 g/mol. The van der Waals surface area contributed by atoms with E-state index in [1.165, 1.54) is 17.2 Å². The van der Waals surface area contributed by atoms with Crippen LogP contribution in [0.1, 0.15) is 12.1 Å². The van der Waals surface area contributed by atoms with Crippen LogP contribution < -0.4 is 4.90 Å². The third kappa shape index (κ3) is 3.77. The molecule has 16 heavy (non-hydrogen) atoms. The van der Waals surface area contributed by atoms with Crippen molar-refractivity contribution in [1.29, 1.82) is 5.26 Å². The minimum atomic E-state index is -4.16. The largest absolute Gasteiger partial charge is 0.390 e. The SMILES string of the molecule is CN(CCC(F)(F)F)c1ccc(C#N)nc1. The van der Waals surface area contributed by atoms with Crippen LogP contribution in [0.4, 0.5) is 18.9 Å². The molecule has 0 radical (unpaired) electrons. The lowest BCUT2D eigenvalue weighted by Gasteiger charge is -2.19. The quantitative estimate of drug-likeness (QED) is 0.798. The fourth-order valence-electron chi connectivity index (χ4n) is 1.10. The van der Waals surface area contributed by atoms with Gasteiger partial charge >= 0.3 is 6.18 Å². The highest BCUT2D eigenvalue weighted by atomic mass is 19.4. The Hall–Kier alpha value is -1.77. The number of nitrogens with zero attached hydrogens (tertiary/aromatic N) is 3. The van der Waals surface area contributed by atoms with Gasteiger partial charge in [-0.1, -0.05) is 0 Å². The van der Waals surface area contributed by atoms with Gasteiger partial charge in [-0.05, 0) is 12.1 Å². The van der Waals surface area contributed by atoms with Crippen LogP contribution in [0.15, 0.2) is 18.3 Å². The number of hydrogen-bond acceptors (Lipinski definition) is 3. The Morgan fingerprint density at radius 3 is 2.56 bits per heavy atom. The molecule has 0 atom stereocenters. The fraction of sp³-hybridized carbons (Fsp3) is 0.400. The molecule has 0 bridgehead atoms. The van der Waals surface area contributed by atoms with Gasteiger partial charge in [0.05, 0.1) is 18.3 Å². The van der Waals surface area contributed by atoms with Crippen molar-refractivity contribution in [2.45, 2.75) is 12.6 Å². The third-order valence-electron chi connectivity index (χ3n) is 2.03. The molecule has 0 unspecified atom stereocenters. The summed E-state index contributed by atoms with van der Waals surface area (Å²) in [6, 6.07) is 4.88. The molecule has 0 aliphatic heterocycles. The maximum absolute atomic E-state index is 12.0. The van der Waals surface area contributed by atoms with E-state index >= 15 is 0 Å². The average molecular weight is 229 g/mol. The molecule has 1 heterocycles. The van der Waals surface area contributed by atoms with Gasteiger partial charge in [-0.3, -0.25) is 0 Å². The second-order valence-corrected chi connectivity index (χ2v) is 3.30. The number of aromatic nitrogens is 1. The van der Waals surface area contributed by atoms with E-state index in [0.717, 1.165) is 0 Å². The first-order chi connectivity index (χ1) is 7.42. The maximum atomic E-state index is 12.0. The summed E-state index contributed by atoms with van der Waals surface area (Å²) in [5.74, 6) is 0. The summed E-state index contributed by atoms with van der Waals surface area (Å²) in [5, 5.41) is 8.50. The number of halogens is 3. The summed E-state index contributed by atoms with van der Waals surface area (Å²) in [6.45, 7) is -0.128. The molecule has 0 amide bonds. The Kier molecular flexibility index (Phi) is 3.72. The molecule has 1 aromatic rings. The van der Waals surface area contributed by atoms with Gasteiger partial charge in [-0.2, -0.15) is 18.4 Å². The van der Waals surface area contributed by atoms with Crippen LogP contribution >= 0.6 is 0 Å². The lowest BCUT2D eigenvalue weighted by Crippen LogP contribution is -2.24. The zero-order valence-electron chi connectivity index (χ0n) is 8.62. The molecule has 0 N–H and O–H groups in total. The van der Waals surface area contributed by atoms with E-state index in [1.54, 1.807) is 13.1 Å². The summed E-state index contributed by atoms with van der Waals surface area (Å²) in [4.78, 5) is 5.22. The molecule has 0 aromatic carbocycles. The maximum Gasteiger partial charge on any atom is 0.390 e. The molecule has 0 aliphatic rings. The molecule has 86 valence electrons. The Bertz CT molecular complexity index is 378. The first-order valence-corrected chi connectivity index (χ1v) is 4.56. The predicted molar refractivity (Wildman–Crippen MR) is 52.9 cm³/mol. The van der Waals surface area contributed by atoms with Crippen molar-refractivity contribution in [1.82, 2.24) is 4.98 Å². The van der Waals surface area contributed by atoms with Crippen molar-refractivity contribution < 1.29 is 13.2 Å². The number of anilines is 1. The lowest BCUT2D eigenvalue weighted by molar-refractivity contribution is -0.132. The molecule has 1 rings (SSSR count). The van der Waals surface area contributed by atoms with Gasteiger partial charge in [0, 0.05) is 13.6 Å². The summed E-state index contributed by atoms with van der Waals surface area (Å²) in [7, 11) is 1.55. The highest BCUT2D eigenvalue weighted by Gasteiger charge is 2.27. The second kappa shape index (κ2) is 4.84. The topological polar surface area (TPSA) is 39.9 Å². The summed E-state index contributed by atoms with van der Waals surface area (Å²) in [6.07, 6.45) is -3.65. The van der Waals surface area contributed by atoms with E-state index in [9.17, 15) is 13.2 Å². The Labute approximate surface area is 91.1 Å². The number of alkyl halides is 3. The van der Waals surface area contributed by atoms with Crippen molar-refractivity contribution in [3.63, 3.8) is 0 Å². The van der Waals surface area contributed by atoms with Gasteiger partial charge in [0.15, 0.2) is 0 Å². The molecule has 0 saturated carbocycles. The predicted octanol–water partition coefficient (Wildman–Crippen LogP) is 2.34. The molecule has 0 saturated heterocycles. The van der Waals surface area contributed by atoms with Crippen LogP contribution in [0.25, 0.3) is 0 Å². The Balaban J connectivity index is 2.60. The van der Waals surface area contributed by atoms with Crippen LogP contribution in [0.3, 0.4) is 0 Å². The third-order valence-corrected chi connectivity index (χ3v) is 2.03. The van der Waals surface area contributed by atoms with Crippen LogP contribution in [-0.2, 0) is 0 Å². The van der Waals surface area contributed by atoms with Gasteiger partial charge in [-0.15, -0.1) is 0 Å². The molecular weight excluding hydrogens is 219 g/mol. The fourth-order valence-corrected chi connectivity index (χ4v) is 1.10. The van der Waals surface area contributed by atoms with Gasteiger partial charge in [-0.25, -0.2) is 4.98 Å². The first kappa shape index (κ1) is 12.3. The van der Waals surface area contributed by atoms with E-state index in [-0.39, 0.29) is 12.2 Å². The van der Waals surface area contributed by atoms with Crippen molar-refractivity contribution in [3.8, 4) is 6.07 Å². The molecule has 1 aromatic heterocycles. The van der Waals surface area contributed by atoms with E-state index in [4.69, 9.17) is 5.26 Å². The van der Waals surface area contributed by atoms with E-state index in [2.05, 4.69) is 4.98 Å². The molecule has 6 heteroatoms. The van der Waals surface area contributed by atoms with Crippen LogP contribution in [0.2, 0.25) is 0 Å². The van der Waals surface area contributed by atoms with Crippen molar-refractivity contribution >= 4 is 5.69 Å². The van der Waals surface area contributed by atoms with E-state index < -0.39 is 12.6 Å². The van der Waals surface area contributed by atoms with Crippen LogP contribution in [-0.4, -0.2) is 24.8 Å². The highest BCUT2D eigenvalue weighted by Crippen LogP contribution is 2.21. The molecule has 0 spiro atoms. The summed E-state index contributed by atoms with van der Waals surface area (Å²) < 4.78 is 35.9. The zero-order valence-corrected chi connectivity index (χ0v) is 8.62. The lowest BCUT2D eigenvalue weighted by atomic mass is 10.3. The van der Waals surface area contributed by atoms with Gasteiger partial charge in [0.25, 0.3) is 0 Å². The van der Waals surface area contributed by atoms with Crippen LogP contribution in [0.5, 0.6) is 0 Å². The summed E-state index contributed by atoms with van der Waals surface area (Å²) >= 11 is 0. The molecule has 3 nitrogen and oxygen atoms in total. The minimum absolute atomic E-state index is 0.128. The van der Waals surface area contributed by atoms with E-state index in [1.807, 2.05) is 6.07 Å². The van der Waals surface area contributed by atoms with Crippen molar-refractivity contribution in [3.05, 3.63) is 24.0 Å². The zero-order chi connectivity index (χ0) is 12.2.